The van der Waals surface area contributed by atoms with Crippen LogP contribution in [0.1, 0.15) is 10.4 Å². The van der Waals surface area contributed by atoms with Crippen LogP contribution in [0.5, 0.6) is 5.75 Å². The van der Waals surface area contributed by atoms with Crippen molar-refractivity contribution >= 4 is 39.1 Å². The molecule has 0 bridgehead atoms. The van der Waals surface area contributed by atoms with E-state index in [1.54, 1.807) is 18.3 Å². The highest BCUT2D eigenvalue weighted by Gasteiger charge is 2.16. The molecule has 0 aliphatic carbocycles. The number of hydrogen-bond acceptors (Lipinski definition) is 7. The lowest BCUT2D eigenvalue weighted by molar-refractivity contribution is 0.0323. The van der Waals surface area contributed by atoms with Crippen molar-refractivity contribution in [3.63, 3.8) is 0 Å². The van der Waals surface area contributed by atoms with E-state index in [4.69, 9.17) is 15.2 Å². The van der Waals surface area contributed by atoms with Crippen LogP contribution in [0.15, 0.2) is 83.8 Å². The summed E-state index contributed by atoms with van der Waals surface area (Å²) in [5, 5.41) is 5.58. The van der Waals surface area contributed by atoms with E-state index in [9.17, 15) is 9.59 Å². The number of para-hydroxylation sites is 1. The number of nitrogens with one attached hydrogen (secondary N) is 2. The van der Waals surface area contributed by atoms with E-state index in [1.165, 1.54) is 0 Å². The molecule has 40 heavy (non-hydrogen) atoms. The SMILES string of the molecule is NC(=O)c1ccc(-c2ccccc2Nc2ccnc3[nH]c(=O)c4c(OCCN5CCOCC5)cccc4c23)cc1. The number of carbonyl (C=O) groups is 1. The Morgan fingerprint density at radius 2 is 1.77 bits per heavy atom. The minimum absolute atomic E-state index is 0.246. The van der Waals surface area contributed by atoms with Crippen molar-refractivity contribution < 1.29 is 14.3 Å². The van der Waals surface area contributed by atoms with Crippen molar-refractivity contribution in [1.29, 1.82) is 0 Å². The van der Waals surface area contributed by atoms with Gasteiger partial charge in [0.2, 0.25) is 5.91 Å². The molecule has 1 aliphatic heterocycles. The standard InChI is InChI=1S/C31H29N5O4/c32-29(37)21-10-8-20(9-11-21)22-4-1-2-6-24(22)34-25-12-13-33-30-27(25)23-5-3-7-26(28(23)31(38)35-30)40-19-16-36-14-17-39-18-15-36/h1-13H,14-19H2,(H2,32,37)(H2,33,34,35,38). The summed E-state index contributed by atoms with van der Waals surface area (Å²) in [6.07, 6.45) is 1.67. The van der Waals surface area contributed by atoms with E-state index in [-0.39, 0.29) is 5.56 Å². The van der Waals surface area contributed by atoms with Gasteiger partial charge in [0.1, 0.15) is 18.0 Å². The fraction of sp³-hybridized carbons (Fsp3) is 0.194. The van der Waals surface area contributed by atoms with Crippen molar-refractivity contribution in [3.05, 3.63) is 94.9 Å². The molecule has 9 heteroatoms. The summed E-state index contributed by atoms with van der Waals surface area (Å²) in [7, 11) is 0. The number of carbonyl (C=O) groups excluding carboxylic acids is 1. The molecule has 3 aromatic carbocycles. The Bertz CT molecular complexity index is 1740. The Balaban J connectivity index is 1.37. The lowest BCUT2D eigenvalue weighted by Crippen LogP contribution is -2.38. The van der Waals surface area contributed by atoms with Crippen LogP contribution in [0.25, 0.3) is 32.9 Å². The zero-order chi connectivity index (χ0) is 27.5. The van der Waals surface area contributed by atoms with E-state index in [2.05, 4.69) is 20.2 Å². The molecular weight excluding hydrogens is 506 g/mol. The summed E-state index contributed by atoms with van der Waals surface area (Å²) in [5.74, 6) is 0.0742. The number of amides is 1. The maximum Gasteiger partial charge on any atom is 0.261 e. The van der Waals surface area contributed by atoms with Gasteiger partial charge in [-0.05, 0) is 35.9 Å². The van der Waals surface area contributed by atoms with E-state index >= 15 is 0 Å². The average Bonchev–Trinajstić information content (AvgIpc) is 2.98. The number of aromatic amines is 1. The number of hydrogen-bond donors (Lipinski definition) is 3. The van der Waals surface area contributed by atoms with Crippen molar-refractivity contribution in [2.24, 2.45) is 5.73 Å². The van der Waals surface area contributed by atoms with Gasteiger partial charge in [-0.25, -0.2) is 4.98 Å². The summed E-state index contributed by atoms with van der Waals surface area (Å²) in [6.45, 7) is 4.44. The quantitative estimate of drug-likeness (QED) is 0.253. The number of ether oxygens (including phenoxy) is 2. The normalized spacial score (nSPS) is 13.9. The van der Waals surface area contributed by atoms with E-state index in [0.717, 1.165) is 66.1 Å². The number of H-pyrrole nitrogens is 1. The fourth-order valence-electron chi connectivity index (χ4n) is 5.11. The second kappa shape index (κ2) is 11.2. The van der Waals surface area contributed by atoms with Gasteiger partial charge in [-0.2, -0.15) is 0 Å². The molecule has 5 aromatic rings. The number of anilines is 2. The zero-order valence-electron chi connectivity index (χ0n) is 21.9. The van der Waals surface area contributed by atoms with E-state index < -0.39 is 5.91 Å². The molecule has 2 aromatic heterocycles. The first kappa shape index (κ1) is 25.5. The van der Waals surface area contributed by atoms with Crippen LogP contribution in [-0.4, -0.2) is 60.2 Å². The Hall–Kier alpha value is -4.73. The van der Waals surface area contributed by atoms with Crippen molar-refractivity contribution in [2.75, 3.05) is 44.8 Å². The van der Waals surface area contributed by atoms with Crippen LogP contribution < -0.4 is 21.3 Å². The largest absolute Gasteiger partial charge is 0.491 e. The Kier molecular flexibility index (Phi) is 7.13. The van der Waals surface area contributed by atoms with Crippen LogP contribution >= 0.6 is 0 Å². The number of fused-ring (bicyclic) bond motifs is 3. The molecule has 1 fully saturated rings. The molecule has 1 aliphatic rings. The molecule has 6 rings (SSSR count). The molecule has 4 N–H and O–H groups in total. The predicted octanol–water partition coefficient (Wildman–Crippen LogP) is 4.30. The van der Waals surface area contributed by atoms with Gasteiger partial charge in [-0.3, -0.25) is 14.5 Å². The smallest absolute Gasteiger partial charge is 0.261 e. The summed E-state index contributed by atoms with van der Waals surface area (Å²) < 4.78 is 11.6. The highest BCUT2D eigenvalue weighted by Crippen LogP contribution is 2.36. The molecule has 3 heterocycles. The number of aromatic nitrogens is 2. The average molecular weight is 536 g/mol. The van der Waals surface area contributed by atoms with Crippen LogP contribution in [0.4, 0.5) is 11.4 Å². The molecule has 0 atom stereocenters. The van der Waals surface area contributed by atoms with Crippen LogP contribution in [0.2, 0.25) is 0 Å². The molecule has 0 unspecified atom stereocenters. The number of nitrogens with two attached hydrogens (primary N) is 1. The summed E-state index contributed by atoms with van der Waals surface area (Å²) in [5.41, 5.74) is 9.63. The first-order valence-electron chi connectivity index (χ1n) is 13.2. The van der Waals surface area contributed by atoms with Gasteiger partial charge in [0, 0.05) is 53.4 Å². The van der Waals surface area contributed by atoms with E-state index in [0.29, 0.717) is 29.0 Å². The molecule has 0 radical (unpaired) electrons. The molecule has 202 valence electrons. The summed E-state index contributed by atoms with van der Waals surface area (Å²) >= 11 is 0. The Morgan fingerprint density at radius 1 is 0.975 bits per heavy atom. The molecule has 1 amide bonds. The van der Waals surface area contributed by atoms with Gasteiger partial charge in [0.05, 0.1) is 24.3 Å². The molecule has 1 saturated heterocycles. The third-order valence-electron chi connectivity index (χ3n) is 7.15. The van der Waals surface area contributed by atoms with Crippen LogP contribution in [-0.2, 0) is 4.74 Å². The number of morpholine rings is 1. The maximum atomic E-state index is 13.2. The second-order valence-electron chi connectivity index (χ2n) is 9.63. The minimum Gasteiger partial charge on any atom is -0.491 e. The zero-order valence-corrected chi connectivity index (χ0v) is 21.9. The van der Waals surface area contributed by atoms with Crippen molar-refractivity contribution in [2.45, 2.75) is 0 Å². The van der Waals surface area contributed by atoms with Gasteiger partial charge in [-0.1, -0.05) is 42.5 Å². The lowest BCUT2D eigenvalue weighted by Gasteiger charge is -2.26. The first-order chi connectivity index (χ1) is 19.6. The van der Waals surface area contributed by atoms with Crippen molar-refractivity contribution in [1.82, 2.24) is 14.9 Å². The summed E-state index contributed by atoms with van der Waals surface area (Å²) in [6, 6.07) is 22.6. The first-order valence-corrected chi connectivity index (χ1v) is 13.2. The number of primary amides is 1. The molecule has 9 nitrogen and oxygen atoms in total. The third-order valence-corrected chi connectivity index (χ3v) is 7.15. The number of nitrogens with zero attached hydrogens (tertiary/aromatic N) is 2. The number of rotatable bonds is 8. The van der Waals surface area contributed by atoms with Crippen LogP contribution in [0.3, 0.4) is 0 Å². The predicted molar refractivity (Wildman–Crippen MR) is 156 cm³/mol. The van der Waals surface area contributed by atoms with E-state index in [1.807, 2.05) is 60.7 Å². The maximum absolute atomic E-state index is 13.2. The summed E-state index contributed by atoms with van der Waals surface area (Å²) in [4.78, 5) is 34.4. The Labute approximate surface area is 230 Å². The lowest BCUT2D eigenvalue weighted by atomic mass is 10.0. The van der Waals surface area contributed by atoms with Gasteiger partial charge in [0.25, 0.3) is 5.56 Å². The fourth-order valence-corrected chi connectivity index (χ4v) is 5.11. The molecular formula is C31H29N5O4. The monoisotopic (exact) mass is 535 g/mol. The van der Waals surface area contributed by atoms with Gasteiger partial charge < -0.3 is 25.5 Å². The number of pyridine rings is 2. The van der Waals surface area contributed by atoms with Crippen molar-refractivity contribution in [3.8, 4) is 16.9 Å². The highest BCUT2D eigenvalue weighted by atomic mass is 16.5. The number of benzene rings is 3. The van der Waals surface area contributed by atoms with Crippen LogP contribution in [0, 0.1) is 0 Å². The van der Waals surface area contributed by atoms with Gasteiger partial charge >= 0.3 is 0 Å². The third kappa shape index (κ3) is 5.12. The van der Waals surface area contributed by atoms with Gasteiger partial charge in [-0.15, -0.1) is 0 Å². The topological polar surface area (TPSA) is 123 Å². The highest BCUT2D eigenvalue weighted by molar-refractivity contribution is 6.12. The minimum atomic E-state index is -0.466. The molecule has 0 spiro atoms. The second-order valence-corrected chi connectivity index (χ2v) is 9.63. The molecule has 0 saturated carbocycles. The van der Waals surface area contributed by atoms with Gasteiger partial charge in [0.15, 0.2) is 0 Å². The Morgan fingerprint density at radius 3 is 2.58 bits per heavy atom.